The minimum atomic E-state index is -1.43. The molecule has 4 heteroatoms. The van der Waals surface area contributed by atoms with Crippen LogP contribution in [0.2, 0.25) is 0 Å². The van der Waals surface area contributed by atoms with E-state index >= 15 is 0 Å². The molecule has 86 valence electrons. The third kappa shape index (κ3) is 1.94. The SMILES string of the molecule is NC1CCc2c(cccc2C(O)C(=O)O)C1. The van der Waals surface area contributed by atoms with Gasteiger partial charge in [-0.3, -0.25) is 0 Å². The van der Waals surface area contributed by atoms with Crippen LogP contribution in [0.15, 0.2) is 18.2 Å². The number of carboxylic acid groups (broad SMARTS) is 1. The molecule has 0 saturated carbocycles. The lowest BCUT2D eigenvalue weighted by Gasteiger charge is -2.24. The number of carbonyl (C=O) groups is 1. The second-order valence-electron chi connectivity index (χ2n) is 4.23. The fourth-order valence-corrected chi connectivity index (χ4v) is 2.25. The highest BCUT2D eigenvalue weighted by Gasteiger charge is 2.24. The van der Waals surface area contributed by atoms with Gasteiger partial charge in [-0.25, -0.2) is 4.79 Å². The number of carboxylic acids is 1. The highest BCUT2D eigenvalue weighted by molar-refractivity contribution is 5.74. The van der Waals surface area contributed by atoms with Crippen LogP contribution in [0.25, 0.3) is 0 Å². The van der Waals surface area contributed by atoms with Gasteiger partial charge in [-0.2, -0.15) is 0 Å². The molecule has 0 heterocycles. The molecular weight excluding hydrogens is 206 g/mol. The van der Waals surface area contributed by atoms with Crippen molar-refractivity contribution in [2.24, 2.45) is 5.73 Å². The number of aliphatic hydroxyl groups is 1. The summed E-state index contributed by atoms with van der Waals surface area (Å²) in [5.74, 6) is -1.21. The van der Waals surface area contributed by atoms with E-state index in [1.807, 2.05) is 6.07 Å². The third-order valence-electron chi connectivity index (χ3n) is 3.09. The molecule has 0 fully saturated rings. The van der Waals surface area contributed by atoms with Crippen LogP contribution in [0.5, 0.6) is 0 Å². The molecule has 0 aromatic heterocycles. The number of hydrogen-bond acceptors (Lipinski definition) is 3. The molecule has 0 amide bonds. The zero-order chi connectivity index (χ0) is 11.7. The topological polar surface area (TPSA) is 83.5 Å². The Morgan fingerprint density at radius 3 is 2.94 bits per heavy atom. The second-order valence-corrected chi connectivity index (χ2v) is 4.23. The van der Waals surface area contributed by atoms with Crippen molar-refractivity contribution >= 4 is 5.97 Å². The largest absolute Gasteiger partial charge is 0.479 e. The Labute approximate surface area is 93.7 Å². The van der Waals surface area contributed by atoms with Crippen LogP contribution < -0.4 is 5.73 Å². The highest BCUT2D eigenvalue weighted by atomic mass is 16.4. The van der Waals surface area contributed by atoms with Gasteiger partial charge in [-0.05, 0) is 36.0 Å². The molecule has 0 saturated heterocycles. The van der Waals surface area contributed by atoms with E-state index in [0.717, 1.165) is 30.4 Å². The molecule has 2 atom stereocenters. The van der Waals surface area contributed by atoms with Crippen LogP contribution in [0.3, 0.4) is 0 Å². The van der Waals surface area contributed by atoms with E-state index in [0.29, 0.717) is 5.56 Å². The average molecular weight is 221 g/mol. The van der Waals surface area contributed by atoms with E-state index in [4.69, 9.17) is 10.8 Å². The summed E-state index contributed by atoms with van der Waals surface area (Å²) >= 11 is 0. The van der Waals surface area contributed by atoms with Crippen LogP contribution in [0.4, 0.5) is 0 Å². The van der Waals surface area contributed by atoms with Gasteiger partial charge in [0.05, 0.1) is 0 Å². The van der Waals surface area contributed by atoms with E-state index in [9.17, 15) is 9.90 Å². The van der Waals surface area contributed by atoms with Crippen molar-refractivity contribution in [2.45, 2.75) is 31.4 Å². The Morgan fingerprint density at radius 2 is 2.25 bits per heavy atom. The maximum atomic E-state index is 10.8. The second kappa shape index (κ2) is 4.23. The summed E-state index contributed by atoms with van der Waals surface area (Å²) in [7, 11) is 0. The minimum Gasteiger partial charge on any atom is -0.479 e. The zero-order valence-electron chi connectivity index (χ0n) is 8.89. The number of aliphatic carboxylic acids is 1. The third-order valence-corrected chi connectivity index (χ3v) is 3.09. The number of rotatable bonds is 2. The first-order valence-corrected chi connectivity index (χ1v) is 5.36. The quantitative estimate of drug-likeness (QED) is 0.683. The fraction of sp³-hybridized carbons (Fsp3) is 0.417. The first-order valence-electron chi connectivity index (χ1n) is 5.36. The summed E-state index contributed by atoms with van der Waals surface area (Å²) < 4.78 is 0. The molecule has 1 aliphatic rings. The first kappa shape index (κ1) is 11.1. The van der Waals surface area contributed by atoms with Crippen molar-refractivity contribution in [3.63, 3.8) is 0 Å². The lowest BCUT2D eigenvalue weighted by atomic mass is 9.84. The molecule has 2 unspecified atom stereocenters. The van der Waals surface area contributed by atoms with Gasteiger partial charge in [0.15, 0.2) is 6.10 Å². The van der Waals surface area contributed by atoms with E-state index in [1.54, 1.807) is 12.1 Å². The van der Waals surface area contributed by atoms with Gasteiger partial charge in [0.25, 0.3) is 0 Å². The monoisotopic (exact) mass is 221 g/mol. The Hall–Kier alpha value is -1.39. The van der Waals surface area contributed by atoms with Crippen LogP contribution in [0, 0.1) is 0 Å². The predicted molar refractivity (Wildman–Crippen MR) is 59.0 cm³/mol. The van der Waals surface area contributed by atoms with E-state index in [-0.39, 0.29) is 6.04 Å². The predicted octanol–water partition coefficient (Wildman–Crippen LogP) is 0.621. The van der Waals surface area contributed by atoms with Gasteiger partial charge in [0.2, 0.25) is 0 Å². The summed E-state index contributed by atoms with van der Waals surface area (Å²) in [6.45, 7) is 0. The smallest absolute Gasteiger partial charge is 0.337 e. The molecule has 0 spiro atoms. The normalized spacial score (nSPS) is 21.2. The van der Waals surface area contributed by atoms with Crippen molar-refractivity contribution in [2.75, 3.05) is 0 Å². The lowest BCUT2D eigenvalue weighted by molar-refractivity contribution is -0.147. The summed E-state index contributed by atoms with van der Waals surface area (Å²) in [6, 6.07) is 5.55. The maximum Gasteiger partial charge on any atom is 0.337 e. The van der Waals surface area contributed by atoms with Crippen molar-refractivity contribution < 1.29 is 15.0 Å². The number of aliphatic hydroxyl groups excluding tert-OH is 1. The van der Waals surface area contributed by atoms with Gasteiger partial charge < -0.3 is 15.9 Å². The Morgan fingerprint density at radius 1 is 1.50 bits per heavy atom. The molecule has 16 heavy (non-hydrogen) atoms. The van der Waals surface area contributed by atoms with Crippen LogP contribution in [-0.2, 0) is 17.6 Å². The summed E-state index contributed by atoms with van der Waals surface area (Å²) in [5.41, 5.74) is 8.39. The molecule has 0 radical (unpaired) electrons. The van der Waals surface area contributed by atoms with Crippen LogP contribution in [0.1, 0.15) is 29.2 Å². The Bertz CT molecular complexity index is 417. The summed E-state index contributed by atoms with van der Waals surface area (Å²) in [4.78, 5) is 10.8. The Balaban J connectivity index is 2.41. The van der Waals surface area contributed by atoms with Crippen molar-refractivity contribution in [3.8, 4) is 0 Å². The van der Waals surface area contributed by atoms with Crippen molar-refractivity contribution in [1.29, 1.82) is 0 Å². The maximum absolute atomic E-state index is 10.8. The number of fused-ring (bicyclic) bond motifs is 1. The zero-order valence-corrected chi connectivity index (χ0v) is 8.89. The summed E-state index contributed by atoms with van der Waals surface area (Å²) in [6.07, 6.45) is 0.923. The van der Waals surface area contributed by atoms with Crippen molar-refractivity contribution in [1.82, 2.24) is 0 Å². The molecule has 4 N–H and O–H groups in total. The fourth-order valence-electron chi connectivity index (χ4n) is 2.25. The standard InChI is InChI=1S/C12H15NO3/c13-8-4-5-9-7(6-8)2-1-3-10(9)11(14)12(15)16/h1-3,8,11,14H,4-6,13H2,(H,15,16). The van der Waals surface area contributed by atoms with Gasteiger partial charge in [-0.15, -0.1) is 0 Å². The first-order chi connectivity index (χ1) is 7.59. The van der Waals surface area contributed by atoms with Gasteiger partial charge in [0.1, 0.15) is 0 Å². The number of nitrogens with two attached hydrogens (primary N) is 1. The Kier molecular flexibility index (Phi) is 2.94. The van der Waals surface area contributed by atoms with Gasteiger partial charge in [0, 0.05) is 6.04 Å². The molecule has 1 aromatic carbocycles. The number of hydrogen-bond donors (Lipinski definition) is 3. The highest BCUT2D eigenvalue weighted by Crippen LogP contribution is 2.28. The van der Waals surface area contributed by atoms with Gasteiger partial charge in [-0.1, -0.05) is 18.2 Å². The van der Waals surface area contributed by atoms with Crippen LogP contribution >= 0.6 is 0 Å². The van der Waals surface area contributed by atoms with Crippen LogP contribution in [-0.4, -0.2) is 22.2 Å². The van der Waals surface area contributed by atoms with E-state index in [2.05, 4.69) is 0 Å². The lowest BCUT2D eigenvalue weighted by Crippen LogP contribution is -2.29. The average Bonchev–Trinajstić information content (AvgIpc) is 2.26. The van der Waals surface area contributed by atoms with E-state index < -0.39 is 12.1 Å². The molecule has 2 rings (SSSR count). The molecule has 1 aromatic rings. The molecule has 1 aliphatic carbocycles. The van der Waals surface area contributed by atoms with Gasteiger partial charge >= 0.3 is 5.97 Å². The van der Waals surface area contributed by atoms with E-state index in [1.165, 1.54) is 0 Å². The molecule has 4 nitrogen and oxygen atoms in total. The molecule has 0 bridgehead atoms. The van der Waals surface area contributed by atoms with Crippen molar-refractivity contribution in [3.05, 3.63) is 34.9 Å². The summed E-state index contributed by atoms with van der Waals surface area (Å²) in [5, 5.41) is 18.4. The minimum absolute atomic E-state index is 0.143. The number of benzene rings is 1. The molecular formula is C12H15NO3. The molecule has 0 aliphatic heterocycles.